The number of hydrogen-bond acceptors (Lipinski definition) is 3. The van der Waals surface area contributed by atoms with Crippen LogP contribution in [0.3, 0.4) is 0 Å². The van der Waals surface area contributed by atoms with Crippen LogP contribution in [0, 0.1) is 5.82 Å². The Morgan fingerprint density at radius 1 is 0.889 bits per heavy atom. The number of benzene rings is 3. The number of amides is 2. The van der Waals surface area contributed by atoms with Gasteiger partial charge < -0.3 is 15.0 Å². The van der Waals surface area contributed by atoms with Crippen LogP contribution < -0.4 is 10.1 Å². The lowest BCUT2D eigenvalue weighted by molar-refractivity contribution is -0.142. The fourth-order valence-corrected chi connectivity index (χ4v) is 3.87. The van der Waals surface area contributed by atoms with E-state index in [0.717, 1.165) is 16.9 Å². The van der Waals surface area contributed by atoms with E-state index in [1.165, 1.54) is 12.1 Å². The number of carbonyl (C=O) groups is 2. The van der Waals surface area contributed by atoms with Crippen LogP contribution in [0.15, 0.2) is 84.9 Å². The Hall–Kier alpha value is -3.67. The smallest absolute Gasteiger partial charge is 0.243 e. The molecular weight excluding hydrogens is 455 g/mol. The van der Waals surface area contributed by atoms with E-state index in [2.05, 4.69) is 5.32 Å². The molecule has 0 radical (unpaired) electrons. The third-order valence-corrected chi connectivity index (χ3v) is 5.58. The van der Waals surface area contributed by atoms with Gasteiger partial charge in [0.2, 0.25) is 11.8 Å². The number of nitrogens with one attached hydrogen (secondary N) is 1. The van der Waals surface area contributed by atoms with E-state index in [4.69, 9.17) is 4.74 Å². The van der Waals surface area contributed by atoms with Crippen molar-refractivity contribution in [3.05, 3.63) is 102 Å². The first kappa shape index (κ1) is 26.9. The lowest BCUT2D eigenvalue weighted by Gasteiger charge is -2.34. The minimum atomic E-state index is -0.723. The van der Waals surface area contributed by atoms with Crippen LogP contribution in [0.25, 0.3) is 0 Å². The van der Waals surface area contributed by atoms with Crippen molar-refractivity contribution < 1.29 is 18.7 Å². The molecule has 3 aromatic carbocycles. The number of hydrogen-bond donors (Lipinski definition) is 1. The highest BCUT2D eigenvalue weighted by molar-refractivity contribution is 5.88. The van der Waals surface area contributed by atoms with Crippen molar-refractivity contribution in [1.29, 1.82) is 0 Å². The summed E-state index contributed by atoms with van der Waals surface area (Å²) in [6, 6.07) is 24.4. The zero-order valence-electron chi connectivity index (χ0n) is 21.2. The minimum Gasteiger partial charge on any atom is -0.494 e. The molecule has 6 heteroatoms. The topological polar surface area (TPSA) is 58.6 Å². The summed E-state index contributed by atoms with van der Waals surface area (Å²) in [7, 11) is 0. The van der Waals surface area contributed by atoms with Crippen LogP contribution in [0.1, 0.15) is 44.7 Å². The SMILES string of the molecule is CC(C)(C)NC(=O)[C@H](Cc1ccccc1)N(Cc1ccc(F)cc1)C(=O)CCCOc1ccccc1. The molecular formula is C30H35FN2O3. The van der Waals surface area contributed by atoms with E-state index >= 15 is 0 Å². The summed E-state index contributed by atoms with van der Waals surface area (Å²) in [5, 5.41) is 3.04. The van der Waals surface area contributed by atoms with Gasteiger partial charge in [-0.1, -0.05) is 60.7 Å². The first-order chi connectivity index (χ1) is 17.2. The molecule has 0 bridgehead atoms. The van der Waals surface area contributed by atoms with Gasteiger partial charge in [-0.2, -0.15) is 0 Å². The maximum Gasteiger partial charge on any atom is 0.243 e. The predicted octanol–water partition coefficient (Wildman–Crippen LogP) is 5.54. The Morgan fingerprint density at radius 3 is 2.11 bits per heavy atom. The van der Waals surface area contributed by atoms with Crippen molar-refractivity contribution in [2.24, 2.45) is 0 Å². The van der Waals surface area contributed by atoms with Crippen LogP contribution in [0.5, 0.6) is 5.75 Å². The van der Waals surface area contributed by atoms with Crippen LogP contribution in [-0.4, -0.2) is 34.9 Å². The molecule has 0 aliphatic heterocycles. The monoisotopic (exact) mass is 490 g/mol. The molecule has 1 N–H and O–H groups in total. The van der Waals surface area contributed by atoms with E-state index in [1.54, 1.807) is 17.0 Å². The maximum absolute atomic E-state index is 13.5. The van der Waals surface area contributed by atoms with Gasteiger partial charge in [0.05, 0.1) is 6.61 Å². The van der Waals surface area contributed by atoms with E-state index in [9.17, 15) is 14.0 Å². The van der Waals surface area contributed by atoms with E-state index in [-0.39, 0.29) is 30.6 Å². The molecule has 36 heavy (non-hydrogen) atoms. The zero-order chi connectivity index (χ0) is 26.0. The lowest BCUT2D eigenvalue weighted by Crippen LogP contribution is -2.54. The first-order valence-corrected chi connectivity index (χ1v) is 12.3. The molecule has 0 fully saturated rings. The Balaban J connectivity index is 1.81. The highest BCUT2D eigenvalue weighted by Gasteiger charge is 2.32. The Bertz CT molecular complexity index is 1100. The summed E-state index contributed by atoms with van der Waals surface area (Å²) in [5.41, 5.74) is 1.25. The number of ether oxygens (including phenoxy) is 1. The molecule has 3 rings (SSSR count). The van der Waals surface area contributed by atoms with E-state index in [1.807, 2.05) is 81.4 Å². The Labute approximate surface area is 213 Å². The number of rotatable bonds is 11. The first-order valence-electron chi connectivity index (χ1n) is 12.3. The molecule has 0 saturated heterocycles. The molecule has 1 atom stereocenters. The standard InChI is InChI=1S/C30H35FN2O3/c1-30(2,3)32-29(35)27(21-23-11-6-4-7-12-23)33(22-24-16-18-25(31)19-17-24)28(34)15-10-20-36-26-13-8-5-9-14-26/h4-9,11-14,16-19,27H,10,15,20-22H2,1-3H3,(H,32,35)/t27-/m0/s1. The Morgan fingerprint density at radius 2 is 1.50 bits per heavy atom. The molecule has 0 aliphatic rings. The fraction of sp³-hybridized carbons (Fsp3) is 0.333. The van der Waals surface area contributed by atoms with Crippen LogP contribution in [0.2, 0.25) is 0 Å². The highest BCUT2D eigenvalue weighted by atomic mass is 19.1. The van der Waals surface area contributed by atoms with Gasteiger partial charge in [0, 0.05) is 24.9 Å². The second-order valence-corrected chi connectivity index (χ2v) is 9.86. The summed E-state index contributed by atoms with van der Waals surface area (Å²) in [4.78, 5) is 28.6. The van der Waals surface area contributed by atoms with Crippen molar-refractivity contribution >= 4 is 11.8 Å². The van der Waals surface area contributed by atoms with Crippen molar-refractivity contribution in [3.63, 3.8) is 0 Å². The number of para-hydroxylation sites is 1. The minimum absolute atomic E-state index is 0.152. The zero-order valence-corrected chi connectivity index (χ0v) is 21.2. The largest absolute Gasteiger partial charge is 0.494 e. The summed E-state index contributed by atoms with van der Waals surface area (Å²) >= 11 is 0. The van der Waals surface area contributed by atoms with Gasteiger partial charge in [-0.25, -0.2) is 4.39 Å². The fourth-order valence-electron chi connectivity index (χ4n) is 3.87. The molecule has 0 aliphatic carbocycles. The molecule has 0 aromatic heterocycles. The molecule has 0 spiro atoms. The van der Waals surface area contributed by atoms with Gasteiger partial charge in [-0.15, -0.1) is 0 Å². The Kier molecular flexibility index (Phi) is 9.62. The average Bonchev–Trinajstić information content (AvgIpc) is 2.85. The summed E-state index contributed by atoms with van der Waals surface area (Å²) in [6.45, 7) is 6.33. The molecule has 5 nitrogen and oxygen atoms in total. The molecule has 0 unspecified atom stereocenters. The van der Waals surface area contributed by atoms with E-state index in [0.29, 0.717) is 19.4 Å². The second-order valence-electron chi connectivity index (χ2n) is 9.86. The predicted molar refractivity (Wildman–Crippen MR) is 140 cm³/mol. The molecule has 3 aromatic rings. The van der Waals surface area contributed by atoms with Crippen molar-refractivity contribution in [1.82, 2.24) is 10.2 Å². The average molecular weight is 491 g/mol. The summed E-state index contributed by atoms with van der Waals surface area (Å²) in [6.07, 6.45) is 1.10. The lowest BCUT2D eigenvalue weighted by atomic mass is 10.00. The number of halogens is 1. The van der Waals surface area contributed by atoms with Gasteiger partial charge in [-0.05, 0) is 62.6 Å². The van der Waals surface area contributed by atoms with Crippen LogP contribution >= 0.6 is 0 Å². The van der Waals surface area contributed by atoms with E-state index < -0.39 is 11.6 Å². The quantitative estimate of drug-likeness (QED) is 0.359. The summed E-state index contributed by atoms with van der Waals surface area (Å²) in [5.74, 6) is 0.0314. The number of nitrogens with zero attached hydrogens (tertiary/aromatic N) is 1. The van der Waals surface area contributed by atoms with Gasteiger partial charge in [0.15, 0.2) is 0 Å². The van der Waals surface area contributed by atoms with Gasteiger partial charge >= 0.3 is 0 Å². The molecule has 2 amide bonds. The highest BCUT2D eigenvalue weighted by Crippen LogP contribution is 2.18. The van der Waals surface area contributed by atoms with Gasteiger partial charge in [-0.3, -0.25) is 9.59 Å². The normalized spacial score (nSPS) is 12.0. The summed E-state index contributed by atoms with van der Waals surface area (Å²) < 4.78 is 19.3. The van der Waals surface area contributed by atoms with Crippen LogP contribution in [-0.2, 0) is 22.6 Å². The van der Waals surface area contributed by atoms with Gasteiger partial charge in [0.25, 0.3) is 0 Å². The van der Waals surface area contributed by atoms with Crippen molar-refractivity contribution in [2.45, 2.75) is 58.2 Å². The van der Waals surface area contributed by atoms with Crippen molar-refractivity contribution in [3.8, 4) is 5.75 Å². The third kappa shape index (κ3) is 8.84. The molecule has 0 heterocycles. The second kappa shape index (κ2) is 12.9. The third-order valence-electron chi connectivity index (χ3n) is 5.58. The number of carbonyl (C=O) groups excluding carboxylic acids is 2. The van der Waals surface area contributed by atoms with Crippen LogP contribution in [0.4, 0.5) is 4.39 Å². The molecule has 190 valence electrons. The van der Waals surface area contributed by atoms with Gasteiger partial charge in [0.1, 0.15) is 17.6 Å². The molecule has 0 saturated carbocycles. The van der Waals surface area contributed by atoms with Crippen molar-refractivity contribution in [2.75, 3.05) is 6.61 Å². The maximum atomic E-state index is 13.5.